The zero-order chi connectivity index (χ0) is 9.26. The van der Waals surface area contributed by atoms with Gasteiger partial charge in [-0.3, -0.25) is 0 Å². The Balaban J connectivity index is 2.41. The van der Waals surface area contributed by atoms with Crippen LogP contribution < -0.4 is 4.57 Å². The smallest absolute Gasteiger partial charge is 0.169 e. The van der Waals surface area contributed by atoms with E-state index in [1.54, 1.807) is 0 Å². The van der Waals surface area contributed by atoms with Crippen LogP contribution >= 0.6 is 0 Å². The molecule has 0 atom stereocenters. The summed E-state index contributed by atoms with van der Waals surface area (Å²) in [5.74, 6) is 0.836. The molecule has 0 saturated carbocycles. The molecule has 0 spiro atoms. The third kappa shape index (κ3) is 1.59. The lowest BCUT2D eigenvalue weighted by atomic mass is 10.2. The highest BCUT2D eigenvalue weighted by Crippen LogP contribution is 2.16. The Hall–Kier alpha value is -1.64. The fourth-order valence-electron chi connectivity index (χ4n) is 1.17. The topological polar surface area (TPSA) is 29.9 Å². The second-order valence-corrected chi connectivity index (χ2v) is 3.08. The van der Waals surface area contributed by atoms with Crippen LogP contribution in [0.4, 0.5) is 0 Å². The van der Waals surface area contributed by atoms with Crippen LogP contribution in [0.3, 0.4) is 0 Å². The van der Waals surface area contributed by atoms with E-state index < -0.39 is 0 Å². The van der Waals surface area contributed by atoms with E-state index >= 15 is 0 Å². The first-order valence-electron chi connectivity index (χ1n) is 4.15. The molecule has 66 valence electrons. The van der Waals surface area contributed by atoms with Crippen molar-refractivity contribution in [3.63, 3.8) is 0 Å². The molecule has 2 rings (SSSR count). The van der Waals surface area contributed by atoms with Crippen molar-refractivity contribution in [2.45, 2.75) is 6.92 Å². The van der Waals surface area contributed by atoms with Crippen LogP contribution in [-0.4, -0.2) is 5.16 Å². The fourth-order valence-corrected chi connectivity index (χ4v) is 1.17. The van der Waals surface area contributed by atoms with Gasteiger partial charge in [0.2, 0.25) is 0 Å². The van der Waals surface area contributed by atoms with Crippen molar-refractivity contribution >= 4 is 0 Å². The first-order valence-corrected chi connectivity index (χ1v) is 4.15. The molecule has 2 aromatic heterocycles. The number of aromatic nitrogens is 2. The lowest BCUT2D eigenvalue weighted by molar-refractivity contribution is -0.671. The average molecular weight is 175 g/mol. The van der Waals surface area contributed by atoms with Crippen molar-refractivity contribution in [3.05, 3.63) is 36.4 Å². The number of aryl methyl sites for hydroxylation is 2. The molecule has 0 fully saturated rings. The van der Waals surface area contributed by atoms with Gasteiger partial charge in [-0.2, -0.15) is 0 Å². The molecule has 0 bridgehead atoms. The third-order valence-corrected chi connectivity index (χ3v) is 1.90. The number of rotatable bonds is 1. The van der Waals surface area contributed by atoms with Crippen LogP contribution in [0.15, 0.2) is 35.1 Å². The Kier molecular flexibility index (Phi) is 1.85. The fraction of sp³-hybridized carbons (Fsp3) is 0.200. The van der Waals surface area contributed by atoms with Gasteiger partial charge in [0.05, 0.1) is 0 Å². The largest absolute Gasteiger partial charge is 0.361 e. The monoisotopic (exact) mass is 175 g/mol. The summed E-state index contributed by atoms with van der Waals surface area (Å²) < 4.78 is 6.97. The van der Waals surface area contributed by atoms with E-state index in [9.17, 15) is 0 Å². The standard InChI is InChI=1S/C10H11N2O/c1-8-7-10(11-13-8)9-3-5-12(2)6-4-9/h3-7H,1-2H3/q+1. The lowest BCUT2D eigenvalue weighted by Gasteiger charge is -1.91. The zero-order valence-corrected chi connectivity index (χ0v) is 7.69. The molecule has 0 aliphatic carbocycles. The maximum atomic E-state index is 4.99. The van der Waals surface area contributed by atoms with Gasteiger partial charge in [0.15, 0.2) is 12.4 Å². The lowest BCUT2D eigenvalue weighted by Crippen LogP contribution is -2.25. The Morgan fingerprint density at radius 2 is 2.00 bits per heavy atom. The molecule has 0 saturated heterocycles. The Morgan fingerprint density at radius 1 is 1.31 bits per heavy atom. The van der Waals surface area contributed by atoms with Gasteiger partial charge in [0.1, 0.15) is 18.5 Å². The minimum absolute atomic E-state index is 0.836. The predicted octanol–water partition coefficient (Wildman–Crippen LogP) is 1.47. The highest BCUT2D eigenvalue weighted by Gasteiger charge is 2.04. The maximum absolute atomic E-state index is 4.99. The second-order valence-electron chi connectivity index (χ2n) is 3.08. The first-order chi connectivity index (χ1) is 6.25. The van der Waals surface area contributed by atoms with Crippen LogP contribution in [0, 0.1) is 6.92 Å². The van der Waals surface area contributed by atoms with Crippen molar-refractivity contribution in [1.29, 1.82) is 0 Å². The van der Waals surface area contributed by atoms with Crippen molar-refractivity contribution in [2.24, 2.45) is 7.05 Å². The van der Waals surface area contributed by atoms with Crippen LogP contribution in [0.25, 0.3) is 11.3 Å². The Bertz CT molecular complexity index is 403. The number of pyridine rings is 1. The van der Waals surface area contributed by atoms with Crippen molar-refractivity contribution in [3.8, 4) is 11.3 Å². The summed E-state index contributed by atoms with van der Waals surface area (Å²) in [5, 5.41) is 3.93. The SMILES string of the molecule is Cc1cc(-c2cc[n+](C)cc2)no1. The molecule has 0 unspecified atom stereocenters. The summed E-state index contributed by atoms with van der Waals surface area (Å²) in [5.41, 5.74) is 1.97. The molecule has 0 N–H and O–H groups in total. The minimum atomic E-state index is 0.836. The third-order valence-electron chi connectivity index (χ3n) is 1.90. The molecule has 0 amide bonds. The Labute approximate surface area is 76.6 Å². The van der Waals surface area contributed by atoms with Gasteiger partial charge < -0.3 is 4.52 Å². The van der Waals surface area contributed by atoms with Gasteiger partial charge >= 0.3 is 0 Å². The van der Waals surface area contributed by atoms with Gasteiger partial charge in [-0.05, 0) is 6.92 Å². The first kappa shape index (κ1) is 7.98. The van der Waals surface area contributed by atoms with Crippen molar-refractivity contribution < 1.29 is 9.09 Å². The molecule has 0 aliphatic rings. The maximum Gasteiger partial charge on any atom is 0.169 e. The van der Waals surface area contributed by atoms with Crippen LogP contribution in [0.2, 0.25) is 0 Å². The summed E-state index contributed by atoms with van der Waals surface area (Å²) in [4.78, 5) is 0. The van der Waals surface area contributed by atoms with Crippen LogP contribution in [-0.2, 0) is 7.05 Å². The molecule has 2 heterocycles. The van der Waals surface area contributed by atoms with E-state index in [0.717, 1.165) is 17.0 Å². The predicted molar refractivity (Wildman–Crippen MR) is 47.9 cm³/mol. The molecule has 3 heteroatoms. The van der Waals surface area contributed by atoms with Gasteiger partial charge in [0, 0.05) is 23.8 Å². The summed E-state index contributed by atoms with van der Waals surface area (Å²) in [6, 6.07) is 5.95. The quantitative estimate of drug-likeness (QED) is 0.614. The molecule has 0 aliphatic heterocycles. The summed E-state index contributed by atoms with van der Waals surface area (Å²) >= 11 is 0. The molecular weight excluding hydrogens is 164 g/mol. The molecule has 3 nitrogen and oxygen atoms in total. The minimum Gasteiger partial charge on any atom is -0.361 e. The summed E-state index contributed by atoms with van der Waals surface area (Å²) in [6.45, 7) is 1.89. The van der Waals surface area contributed by atoms with E-state index in [4.69, 9.17) is 4.52 Å². The normalized spacial score (nSPS) is 10.3. The number of hydrogen-bond donors (Lipinski definition) is 0. The number of hydrogen-bond acceptors (Lipinski definition) is 2. The molecule has 0 aromatic carbocycles. The van der Waals surface area contributed by atoms with Crippen molar-refractivity contribution in [1.82, 2.24) is 5.16 Å². The summed E-state index contributed by atoms with van der Waals surface area (Å²) in [7, 11) is 1.98. The second kappa shape index (κ2) is 3.01. The van der Waals surface area contributed by atoms with E-state index in [1.165, 1.54) is 0 Å². The van der Waals surface area contributed by atoms with Gasteiger partial charge in [-0.25, -0.2) is 4.57 Å². The van der Waals surface area contributed by atoms with E-state index in [2.05, 4.69) is 5.16 Å². The highest BCUT2D eigenvalue weighted by atomic mass is 16.5. The zero-order valence-electron chi connectivity index (χ0n) is 7.69. The average Bonchev–Trinajstić information content (AvgIpc) is 2.53. The molecular formula is C10H11N2O+. The highest BCUT2D eigenvalue weighted by molar-refractivity contribution is 5.57. The van der Waals surface area contributed by atoms with Gasteiger partial charge in [0.25, 0.3) is 0 Å². The molecule has 2 aromatic rings. The van der Waals surface area contributed by atoms with Crippen LogP contribution in [0.5, 0.6) is 0 Å². The van der Waals surface area contributed by atoms with Gasteiger partial charge in [-0.15, -0.1) is 0 Å². The van der Waals surface area contributed by atoms with Crippen LogP contribution in [0.1, 0.15) is 5.76 Å². The van der Waals surface area contributed by atoms with Gasteiger partial charge in [-0.1, -0.05) is 5.16 Å². The van der Waals surface area contributed by atoms with E-state index in [-0.39, 0.29) is 0 Å². The molecule has 0 radical (unpaired) electrons. The Morgan fingerprint density at radius 3 is 2.54 bits per heavy atom. The van der Waals surface area contributed by atoms with Crippen molar-refractivity contribution in [2.75, 3.05) is 0 Å². The number of nitrogens with zero attached hydrogens (tertiary/aromatic N) is 2. The summed E-state index contributed by atoms with van der Waals surface area (Å²) in [6.07, 6.45) is 3.97. The van der Waals surface area contributed by atoms with E-state index in [0.29, 0.717) is 0 Å². The van der Waals surface area contributed by atoms with E-state index in [1.807, 2.05) is 49.1 Å². The molecule has 13 heavy (non-hydrogen) atoms.